The van der Waals surface area contributed by atoms with Gasteiger partial charge in [0.05, 0.1) is 0 Å². The topological polar surface area (TPSA) is 54.4 Å². The Bertz CT molecular complexity index is 367. The van der Waals surface area contributed by atoms with Crippen molar-refractivity contribution in [1.29, 1.82) is 0 Å². The molecule has 0 spiro atoms. The molecule has 1 rings (SSSR count). The molecule has 0 atom stereocenters. The van der Waals surface area contributed by atoms with Crippen molar-refractivity contribution < 1.29 is 14.7 Å². The highest BCUT2D eigenvalue weighted by atomic mass is 79.9. The second-order valence-electron chi connectivity index (χ2n) is 2.14. The Kier molecular flexibility index (Phi) is 3.39. The number of halogens is 1. The molecule has 0 aliphatic carbocycles. The first kappa shape index (κ1) is 10.1. The van der Waals surface area contributed by atoms with Gasteiger partial charge in [-0.05, 0) is 39.5 Å². The molecule has 0 saturated heterocycles. The summed E-state index contributed by atoms with van der Waals surface area (Å²) in [6.45, 7) is 0. The molecule has 0 saturated carbocycles. The van der Waals surface area contributed by atoms with Crippen LogP contribution >= 0.6 is 27.3 Å². The van der Waals surface area contributed by atoms with E-state index in [1.54, 1.807) is 0 Å². The monoisotopic (exact) mass is 260 g/mol. The number of carboxylic acids is 1. The molecule has 0 aliphatic rings. The molecule has 1 aromatic heterocycles. The first-order valence-electron chi connectivity index (χ1n) is 3.29. The summed E-state index contributed by atoms with van der Waals surface area (Å²) in [5.74, 6) is -2.36. The molecule has 1 heterocycles. The highest BCUT2D eigenvalue weighted by Gasteiger charge is 2.06. The predicted octanol–water partition coefficient (Wildman–Crippen LogP) is 2.18. The minimum atomic E-state index is -1.44. The van der Waals surface area contributed by atoms with Crippen LogP contribution in [0.15, 0.2) is 22.0 Å². The molecule has 0 radical (unpaired) electrons. The predicted molar refractivity (Wildman–Crippen MR) is 53.7 cm³/mol. The normalized spacial score (nSPS) is 10.5. The van der Waals surface area contributed by atoms with E-state index in [0.717, 1.165) is 15.4 Å². The summed E-state index contributed by atoms with van der Waals surface area (Å²) in [5.41, 5.74) is 0. The quantitative estimate of drug-likeness (QED) is 0.670. The molecule has 0 bridgehead atoms. The van der Waals surface area contributed by atoms with Gasteiger partial charge >= 0.3 is 5.97 Å². The Morgan fingerprint density at radius 1 is 1.54 bits per heavy atom. The molecule has 3 nitrogen and oxygen atoms in total. The van der Waals surface area contributed by atoms with Crippen molar-refractivity contribution in [3.8, 4) is 0 Å². The summed E-state index contributed by atoms with van der Waals surface area (Å²) >= 11 is 4.68. The van der Waals surface area contributed by atoms with Crippen LogP contribution in [0.1, 0.15) is 4.88 Å². The van der Waals surface area contributed by atoms with Crippen LogP contribution in [0.5, 0.6) is 0 Å². The molecule has 1 N–H and O–H groups in total. The summed E-state index contributed by atoms with van der Waals surface area (Å²) < 4.78 is 0.854. The maximum absolute atomic E-state index is 10.7. The van der Waals surface area contributed by atoms with Crippen molar-refractivity contribution in [2.24, 2.45) is 0 Å². The Morgan fingerprint density at radius 3 is 2.69 bits per heavy atom. The van der Waals surface area contributed by atoms with Gasteiger partial charge in [0.2, 0.25) is 0 Å². The van der Waals surface area contributed by atoms with Crippen LogP contribution in [-0.4, -0.2) is 16.9 Å². The lowest BCUT2D eigenvalue weighted by Crippen LogP contribution is -2.08. The van der Waals surface area contributed by atoms with Gasteiger partial charge < -0.3 is 5.11 Å². The highest BCUT2D eigenvalue weighted by Crippen LogP contribution is 2.23. The molecule has 1 aromatic rings. The van der Waals surface area contributed by atoms with Gasteiger partial charge in [-0.1, -0.05) is 0 Å². The standard InChI is InChI=1S/C8H5BrO3S/c9-5-3-4-13-7(5)2-1-6(10)8(11)12/h1-4H,(H,11,12)/b2-1+. The molecule has 13 heavy (non-hydrogen) atoms. The first-order valence-corrected chi connectivity index (χ1v) is 4.97. The summed E-state index contributed by atoms with van der Waals surface area (Å²) in [4.78, 5) is 21.6. The minimum Gasteiger partial charge on any atom is -0.475 e. The fourth-order valence-corrected chi connectivity index (χ4v) is 2.04. The van der Waals surface area contributed by atoms with Gasteiger partial charge in [0.25, 0.3) is 5.78 Å². The number of carbonyl (C=O) groups excluding carboxylic acids is 1. The van der Waals surface area contributed by atoms with E-state index < -0.39 is 11.8 Å². The van der Waals surface area contributed by atoms with Crippen molar-refractivity contribution in [3.63, 3.8) is 0 Å². The van der Waals surface area contributed by atoms with E-state index in [1.165, 1.54) is 17.4 Å². The average Bonchev–Trinajstić information content (AvgIpc) is 2.47. The number of aliphatic carboxylic acids is 1. The fourth-order valence-electron chi connectivity index (χ4n) is 0.647. The lowest BCUT2D eigenvalue weighted by molar-refractivity contribution is -0.146. The second kappa shape index (κ2) is 4.34. The summed E-state index contributed by atoms with van der Waals surface area (Å²) in [6, 6.07) is 1.83. The zero-order valence-corrected chi connectivity index (χ0v) is 8.76. The molecule has 0 unspecified atom stereocenters. The van der Waals surface area contributed by atoms with E-state index in [2.05, 4.69) is 15.9 Å². The number of ketones is 1. The highest BCUT2D eigenvalue weighted by molar-refractivity contribution is 9.10. The Morgan fingerprint density at radius 2 is 2.23 bits per heavy atom. The largest absolute Gasteiger partial charge is 0.475 e. The number of carboxylic acid groups (broad SMARTS) is 1. The molecule has 0 aromatic carbocycles. The number of thiophene rings is 1. The Labute approximate surface area is 86.8 Å². The zero-order chi connectivity index (χ0) is 9.84. The van der Waals surface area contributed by atoms with Gasteiger partial charge in [0.15, 0.2) is 0 Å². The zero-order valence-electron chi connectivity index (χ0n) is 6.36. The molecule has 0 aliphatic heterocycles. The summed E-state index contributed by atoms with van der Waals surface area (Å²) in [6.07, 6.45) is 2.52. The van der Waals surface area contributed by atoms with E-state index >= 15 is 0 Å². The smallest absolute Gasteiger partial charge is 0.376 e. The third-order valence-electron chi connectivity index (χ3n) is 1.24. The lowest BCUT2D eigenvalue weighted by atomic mass is 10.3. The third kappa shape index (κ3) is 2.78. The number of rotatable bonds is 3. The molecule has 0 amide bonds. The van der Waals surface area contributed by atoms with E-state index in [4.69, 9.17) is 5.11 Å². The maximum atomic E-state index is 10.7. The Hall–Kier alpha value is -0.940. The molecule has 5 heteroatoms. The number of hydrogen-bond acceptors (Lipinski definition) is 3. The lowest BCUT2D eigenvalue weighted by Gasteiger charge is -1.86. The molecular formula is C8H5BrO3S. The maximum Gasteiger partial charge on any atom is 0.376 e. The van der Waals surface area contributed by atoms with Gasteiger partial charge in [0, 0.05) is 9.35 Å². The van der Waals surface area contributed by atoms with Gasteiger partial charge in [-0.2, -0.15) is 0 Å². The molecule has 68 valence electrons. The van der Waals surface area contributed by atoms with E-state index in [1.807, 2.05) is 11.4 Å². The Balaban J connectivity index is 2.75. The minimum absolute atomic E-state index is 0.828. The number of hydrogen-bond donors (Lipinski definition) is 1. The third-order valence-corrected chi connectivity index (χ3v) is 3.08. The second-order valence-corrected chi connectivity index (χ2v) is 3.94. The van der Waals surface area contributed by atoms with Crippen molar-refractivity contribution >= 4 is 45.1 Å². The van der Waals surface area contributed by atoms with E-state index in [9.17, 15) is 9.59 Å². The van der Waals surface area contributed by atoms with Crippen LogP contribution in [-0.2, 0) is 9.59 Å². The van der Waals surface area contributed by atoms with Crippen molar-refractivity contribution in [3.05, 3.63) is 26.9 Å². The van der Waals surface area contributed by atoms with E-state index in [-0.39, 0.29) is 0 Å². The summed E-state index contributed by atoms with van der Waals surface area (Å²) in [7, 11) is 0. The average molecular weight is 261 g/mol. The van der Waals surface area contributed by atoms with Crippen LogP contribution in [0.25, 0.3) is 6.08 Å². The summed E-state index contributed by atoms with van der Waals surface area (Å²) in [5, 5.41) is 10.1. The van der Waals surface area contributed by atoms with Gasteiger partial charge in [0.1, 0.15) is 0 Å². The fraction of sp³-hybridized carbons (Fsp3) is 0. The molecule has 0 fully saturated rings. The van der Waals surface area contributed by atoms with Crippen LogP contribution in [0, 0.1) is 0 Å². The van der Waals surface area contributed by atoms with Crippen LogP contribution in [0.3, 0.4) is 0 Å². The van der Waals surface area contributed by atoms with Crippen LogP contribution < -0.4 is 0 Å². The SMILES string of the molecule is O=C(O)C(=O)/C=C/c1sccc1Br. The van der Waals surface area contributed by atoms with E-state index in [0.29, 0.717) is 0 Å². The van der Waals surface area contributed by atoms with Crippen molar-refractivity contribution in [2.45, 2.75) is 0 Å². The van der Waals surface area contributed by atoms with Crippen LogP contribution in [0.2, 0.25) is 0 Å². The van der Waals surface area contributed by atoms with Crippen LogP contribution in [0.4, 0.5) is 0 Å². The first-order chi connectivity index (χ1) is 6.11. The van der Waals surface area contributed by atoms with Crippen molar-refractivity contribution in [2.75, 3.05) is 0 Å². The van der Waals surface area contributed by atoms with Gasteiger partial charge in [-0.3, -0.25) is 4.79 Å². The van der Waals surface area contributed by atoms with Gasteiger partial charge in [-0.25, -0.2) is 4.79 Å². The number of carbonyl (C=O) groups is 2. The van der Waals surface area contributed by atoms with Crippen molar-refractivity contribution in [1.82, 2.24) is 0 Å². The van der Waals surface area contributed by atoms with Gasteiger partial charge in [-0.15, -0.1) is 11.3 Å². The molecular weight excluding hydrogens is 256 g/mol.